The van der Waals surface area contributed by atoms with E-state index in [1.807, 2.05) is 0 Å². The highest BCUT2D eigenvalue weighted by Crippen LogP contribution is 2.46. The average molecular weight is 907 g/mol. The van der Waals surface area contributed by atoms with E-state index in [-0.39, 0.29) is 56.3 Å². The number of nitrogens with two attached hydrogens (primary N) is 1. The lowest BCUT2D eigenvalue weighted by molar-refractivity contribution is -0.172. The molecule has 6 rings (SSSR count). The van der Waals surface area contributed by atoms with Gasteiger partial charge in [-0.05, 0) is 94.9 Å². The predicted octanol–water partition coefficient (Wildman–Crippen LogP) is 2.00. The van der Waals surface area contributed by atoms with E-state index in [1.54, 1.807) is 54.5 Å². The Morgan fingerprint density at radius 3 is 2.48 bits per heavy atom. The molecule has 19 nitrogen and oxygen atoms in total. The lowest BCUT2D eigenvalue weighted by Crippen LogP contribution is -2.53. The van der Waals surface area contributed by atoms with Crippen LogP contribution < -0.4 is 37.9 Å². The third-order valence-corrected chi connectivity index (χ3v) is 12.0. The monoisotopic (exact) mass is 906 g/mol. The number of hydrogen-bond donors (Lipinski definition) is 7. The average Bonchev–Trinajstić information content (AvgIpc) is 3.62. The van der Waals surface area contributed by atoms with Crippen LogP contribution >= 0.6 is 0 Å². The number of rotatable bonds is 17. The molecule has 20 heteroatoms. The first-order chi connectivity index (χ1) is 30.6. The van der Waals surface area contributed by atoms with E-state index in [1.165, 1.54) is 10.6 Å². The van der Waals surface area contributed by atoms with Crippen molar-refractivity contribution in [2.24, 2.45) is 11.7 Å². The molecular weight excluding hydrogens is 848 g/mol. The fourth-order valence-corrected chi connectivity index (χ4v) is 8.38. The van der Waals surface area contributed by atoms with Gasteiger partial charge < -0.3 is 56.2 Å². The first kappa shape index (κ1) is 48.5. The number of esters is 1. The quantitative estimate of drug-likeness (QED) is 0.0455. The molecule has 0 fully saturated rings. The third-order valence-electron chi connectivity index (χ3n) is 12.0. The topological polar surface area (TPSA) is 271 Å². The lowest BCUT2D eigenvalue weighted by atomic mass is 9.81. The molecule has 5 amide bonds. The minimum absolute atomic E-state index is 0.0362. The first-order valence-corrected chi connectivity index (χ1v) is 21.9. The number of nitrogens with one attached hydrogen (secondary N) is 5. The van der Waals surface area contributed by atoms with Crippen molar-refractivity contribution in [1.82, 2.24) is 36.1 Å². The summed E-state index contributed by atoms with van der Waals surface area (Å²) < 4.78 is 32.7. The Hall–Kier alpha value is -5.99. The van der Waals surface area contributed by atoms with Crippen molar-refractivity contribution in [2.75, 3.05) is 26.4 Å². The zero-order chi connectivity index (χ0) is 47.5. The standard InChI is InChI=1S/C45H59FN8O11/c1-8-45(62)27-15-32-38-25(18-54(32)41(59)26(27)19-64-42(45)60)36-29(13-12-24-23(4)28(46)16-31(52-38)35(24)36)51-34(56)20-63-21-50-33(55)17-49-39(57)30(53-40(58)37(47)22(2)3)11-9-10-14-48-43(61)65-44(5,6)7/h15-16,22,29-30,37,62H,8-14,17-21,47H2,1-7H3,(H,48,61)(H,49,57)(H,50,55)(H,51,56)(H,53,58)/t29-,30-,37-,45-/m0/s1. The summed E-state index contributed by atoms with van der Waals surface area (Å²) in [6.45, 7) is 10.8. The van der Waals surface area contributed by atoms with Gasteiger partial charge in [-0.3, -0.25) is 24.0 Å². The fraction of sp³-hybridized carbons (Fsp3) is 0.556. The summed E-state index contributed by atoms with van der Waals surface area (Å²) in [5, 5.41) is 25.3. The van der Waals surface area contributed by atoms with Crippen LogP contribution in [0, 0.1) is 18.7 Å². The molecule has 0 unspecified atom stereocenters. The molecule has 3 aromatic rings. The number of carbonyl (C=O) groups is 6. The van der Waals surface area contributed by atoms with Gasteiger partial charge in [0.2, 0.25) is 23.6 Å². The van der Waals surface area contributed by atoms with Crippen LogP contribution in [0.4, 0.5) is 9.18 Å². The number of ether oxygens (including phenoxy) is 3. The van der Waals surface area contributed by atoms with Gasteiger partial charge in [0.1, 0.15) is 37.4 Å². The molecule has 0 radical (unpaired) electrons. The second kappa shape index (κ2) is 19.6. The lowest BCUT2D eigenvalue weighted by Gasteiger charge is -2.31. The van der Waals surface area contributed by atoms with E-state index in [9.17, 15) is 38.7 Å². The van der Waals surface area contributed by atoms with E-state index >= 15 is 4.39 Å². The maximum atomic E-state index is 15.3. The Morgan fingerprint density at radius 1 is 1.05 bits per heavy atom. The number of aromatic nitrogens is 2. The van der Waals surface area contributed by atoms with Crippen molar-refractivity contribution in [3.8, 4) is 11.4 Å². The second-order valence-electron chi connectivity index (χ2n) is 18.0. The Labute approximate surface area is 375 Å². The number of nitrogens with zero attached hydrogens (tertiary/aromatic N) is 2. The Balaban J connectivity index is 1.06. The van der Waals surface area contributed by atoms with E-state index < -0.39 is 89.5 Å². The highest BCUT2D eigenvalue weighted by Gasteiger charge is 2.46. The van der Waals surface area contributed by atoms with Crippen LogP contribution in [0.25, 0.3) is 22.3 Å². The van der Waals surface area contributed by atoms with Crippen molar-refractivity contribution >= 4 is 46.6 Å². The summed E-state index contributed by atoms with van der Waals surface area (Å²) in [4.78, 5) is 95.4. The molecular formula is C45H59FN8O11. The number of aryl methyl sites for hydroxylation is 1. The summed E-state index contributed by atoms with van der Waals surface area (Å²) >= 11 is 0. The molecule has 2 aliphatic heterocycles. The molecule has 1 aliphatic carbocycles. The van der Waals surface area contributed by atoms with E-state index in [2.05, 4.69) is 26.6 Å². The van der Waals surface area contributed by atoms with E-state index in [4.69, 9.17) is 24.9 Å². The van der Waals surface area contributed by atoms with Gasteiger partial charge in [-0.15, -0.1) is 0 Å². The van der Waals surface area contributed by atoms with Crippen LogP contribution in [-0.2, 0) is 63.4 Å². The molecule has 4 atom stereocenters. The van der Waals surface area contributed by atoms with Gasteiger partial charge in [-0.25, -0.2) is 19.0 Å². The number of hydrogen-bond acceptors (Lipinski definition) is 13. The Kier molecular flexibility index (Phi) is 14.6. The smallest absolute Gasteiger partial charge is 0.407 e. The number of carbonyl (C=O) groups excluding carboxylic acids is 6. The molecule has 0 saturated heterocycles. The molecule has 0 saturated carbocycles. The van der Waals surface area contributed by atoms with Crippen LogP contribution in [0.2, 0.25) is 0 Å². The summed E-state index contributed by atoms with van der Waals surface area (Å²) in [6.07, 6.45) is 1.31. The van der Waals surface area contributed by atoms with Gasteiger partial charge in [0.15, 0.2) is 5.60 Å². The summed E-state index contributed by atoms with van der Waals surface area (Å²) in [7, 11) is 0. The largest absolute Gasteiger partial charge is 0.458 e. The number of aliphatic hydroxyl groups is 1. The summed E-state index contributed by atoms with van der Waals surface area (Å²) in [5.74, 6) is -3.80. The van der Waals surface area contributed by atoms with Gasteiger partial charge in [-0.1, -0.05) is 20.8 Å². The van der Waals surface area contributed by atoms with Crippen molar-refractivity contribution in [3.63, 3.8) is 0 Å². The van der Waals surface area contributed by atoms with Gasteiger partial charge >= 0.3 is 12.1 Å². The number of alkyl carbamates (subject to hydrolysis) is 1. The first-order valence-electron chi connectivity index (χ1n) is 21.9. The van der Waals surface area contributed by atoms with Crippen LogP contribution in [-0.4, -0.2) is 94.5 Å². The van der Waals surface area contributed by atoms with Gasteiger partial charge in [0.25, 0.3) is 5.56 Å². The normalized spacial score (nSPS) is 18.1. The molecule has 65 heavy (non-hydrogen) atoms. The van der Waals surface area contributed by atoms with Crippen molar-refractivity contribution in [3.05, 3.63) is 61.7 Å². The Bertz CT molecular complexity index is 2470. The van der Waals surface area contributed by atoms with Crippen LogP contribution in [0.1, 0.15) is 113 Å². The molecule has 4 heterocycles. The number of halogens is 1. The third kappa shape index (κ3) is 10.4. The zero-order valence-electron chi connectivity index (χ0n) is 37.8. The van der Waals surface area contributed by atoms with E-state index in [0.29, 0.717) is 64.7 Å². The minimum atomic E-state index is -2.04. The highest BCUT2D eigenvalue weighted by atomic mass is 19.1. The zero-order valence-corrected chi connectivity index (χ0v) is 37.8. The fourth-order valence-electron chi connectivity index (χ4n) is 8.38. The molecule has 1 aromatic carbocycles. The highest BCUT2D eigenvalue weighted by molar-refractivity contribution is 5.94. The summed E-state index contributed by atoms with van der Waals surface area (Å²) in [5.41, 5.74) is 6.68. The number of amides is 5. The van der Waals surface area contributed by atoms with Crippen LogP contribution in [0.3, 0.4) is 0 Å². The molecule has 2 aromatic heterocycles. The van der Waals surface area contributed by atoms with Crippen molar-refractivity contribution in [1.29, 1.82) is 0 Å². The molecule has 352 valence electrons. The second-order valence-corrected chi connectivity index (χ2v) is 18.0. The molecule has 8 N–H and O–H groups in total. The molecule has 3 aliphatic rings. The number of fused-ring (bicyclic) bond motifs is 5. The Morgan fingerprint density at radius 2 is 1.78 bits per heavy atom. The minimum Gasteiger partial charge on any atom is -0.458 e. The van der Waals surface area contributed by atoms with Gasteiger partial charge in [0, 0.05) is 29.1 Å². The van der Waals surface area contributed by atoms with Gasteiger partial charge in [-0.2, -0.15) is 0 Å². The maximum absolute atomic E-state index is 15.3. The SMILES string of the molecule is CC[C@@]1(O)C(=O)OCc2c1cc1n(c2=O)Cc2c-1nc1cc(F)c(C)c3c1c2[C@@H](NC(=O)COCNC(=O)CNC(=O)[C@H](CCCCNC(=O)OC(C)(C)C)NC(=O)[C@@H](N)C(C)C)CC3. The molecule has 0 spiro atoms. The number of unbranched alkanes of at least 4 members (excludes halogenated alkanes) is 1. The van der Waals surface area contributed by atoms with E-state index in [0.717, 1.165) is 5.56 Å². The predicted molar refractivity (Wildman–Crippen MR) is 233 cm³/mol. The molecule has 0 bridgehead atoms. The maximum Gasteiger partial charge on any atom is 0.407 e. The van der Waals surface area contributed by atoms with Crippen LogP contribution in [0.15, 0.2) is 16.9 Å². The number of cyclic esters (lactones) is 1. The van der Waals surface area contributed by atoms with Gasteiger partial charge in [0.05, 0.1) is 47.6 Å². The van der Waals surface area contributed by atoms with Crippen molar-refractivity contribution in [2.45, 2.75) is 129 Å². The number of benzene rings is 1. The number of pyridine rings is 2. The van der Waals surface area contributed by atoms with Crippen LogP contribution in [0.5, 0.6) is 0 Å². The summed E-state index contributed by atoms with van der Waals surface area (Å²) in [6, 6.07) is 0.414. The van der Waals surface area contributed by atoms with Crippen molar-refractivity contribution < 1.29 is 52.5 Å².